The van der Waals surface area contributed by atoms with Crippen molar-refractivity contribution in [1.29, 1.82) is 21.2 Å². The Morgan fingerprint density at radius 1 is 1.03 bits per heavy atom. The van der Waals surface area contributed by atoms with Crippen molar-refractivity contribution in [2.24, 2.45) is 16.7 Å². The molecular formula is C22H13Cl2FN4O2. The third-order valence-electron chi connectivity index (χ3n) is 6.15. The van der Waals surface area contributed by atoms with E-state index in [-0.39, 0.29) is 10.6 Å². The molecule has 4 rings (SSSR count). The summed E-state index contributed by atoms with van der Waals surface area (Å²) in [5.41, 5.74) is -3.54. The summed E-state index contributed by atoms with van der Waals surface area (Å²) in [6.07, 6.45) is -1.34. The Labute approximate surface area is 187 Å². The molecule has 2 aromatic carbocycles. The molecule has 9 heteroatoms. The zero-order chi connectivity index (χ0) is 22.6. The Bertz CT molecular complexity index is 1220. The van der Waals surface area contributed by atoms with Crippen LogP contribution in [0.3, 0.4) is 0 Å². The smallest absolute Gasteiger partial charge is 0.245 e. The first-order chi connectivity index (χ1) is 14.7. The van der Waals surface area contributed by atoms with Crippen molar-refractivity contribution < 1.29 is 13.9 Å². The van der Waals surface area contributed by atoms with E-state index in [1.165, 1.54) is 18.2 Å². The van der Waals surface area contributed by atoms with Gasteiger partial charge in [0.15, 0.2) is 5.41 Å². The number of benzene rings is 2. The molecule has 2 heterocycles. The summed E-state index contributed by atoms with van der Waals surface area (Å²) in [7, 11) is 0. The Balaban J connectivity index is 2.06. The molecule has 0 amide bonds. The Morgan fingerprint density at radius 3 is 2.23 bits per heavy atom. The van der Waals surface area contributed by atoms with Gasteiger partial charge < -0.3 is 9.47 Å². The first-order valence-electron chi connectivity index (χ1n) is 9.13. The van der Waals surface area contributed by atoms with Gasteiger partial charge in [-0.15, -0.1) is 0 Å². The van der Waals surface area contributed by atoms with Crippen molar-refractivity contribution >= 4 is 29.1 Å². The molecule has 2 bridgehead atoms. The maximum Gasteiger partial charge on any atom is 0.245 e. The van der Waals surface area contributed by atoms with E-state index in [0.29, 0.717) is 10.6 Å². The Hall–Kier alpha value is -3.15. The molecule has 2 aliphatic rings. The molecule has 0 radical (unpaired) electrons. The fourth-order valence-electron chi connectivity index (χ4n) is 4.55. The van der Waals surface area contributed by atoms with Gasteiger partial charge in [0.05, 0.1) is 29.1 Å². The van der Waals surface area contributed by atoms with Gasteiger partial charge in [0, 0.05) is 10.6 Å². The lowest BCUT2D eigenvalue weighted by molar-refractivity contribution is -0.288. The van der Waals surface area contributed by atoms with Gasteiger partial charge >= 0.3 is 0 Å². The molecule has 0 aliphatic carbocycles. The van der Waals surface area contributed by atoms with Crippen molar-refractivity contribution in [3.05, 3.63) is 69.5 Å². The van der Waals surface area contributed by atoms with Gasteiger partial charge in [-0.25, -0.2) is 4.39 Å². The standard InChI is InChI=1S/C22H13Cl2FN4O2/c1-12-21(11-28)19(29)31-22(12,16-7-4-14(23)8-17(16)24)30-18(20(21,9-26)10-27)13-2-5-15(25)6-3-13/h2-8,12,18,29H,1H3. The van der Waals surface area contributed by atoms with Crippen LogP contribution in [0.4, 0.5) is 4.39 Å². The minimum atomic E-state index is -2.14. The minimum Gasteiger partial charge on any atom is -0.443 e. The highest BCUT2D eigenvalue weighted by Crippen LogP contribution is 2.69. The Morgan fingerprint density at radius 2 is 1.68 bits per heavy atom. The molecule has 6 nitrogen and oxygen atoms in total. The zero-order valence-electron chi connectivity index (χ0n) is 16.0. The first kappa shape index (κ1) is 21.1. The number of rotatable bonds is 2. The van der Waals surface area contributed by atoms with Crippen molar-refractivity contribution in [2.45, 2.75) is 18.8 Å². The number of hydrogen-bond acceptors (Lipinski definition) is 6. The number of ether oxygens (including phenoxy) is 2. The maximum absolute atomic E-state index is 13.6. The molecule has 0 saturated carbocycles. The molecule has 4 atom stereocenters. The van der Waals surface area contributed by atoms with Crippen LogP contribution < -0.4 is 0 Å². The second-order valence-corrected chi connectivity index (χ2v) is 8.29. The molecule has 2 saturated heterocycles. The Kier molecular flexibility index (Phi) is 4.72. The summed E-state index contributed by atoms with van der Waals surface area (Å²) in [6.45, 7) is 1.57. The predicted molar refractivity (Wildman–Crippen MR) is 108 cm³/mol. The van der Waals surface area contributed by atoms with Crippen molar-refractivity contribution in [3.8, 4) is 18.2 Å². The van der Waals surface area contributed by atoms with Gasteiger partial charge in [0.1, 0.15) is 11.9 Å². The quantitative estimate of drug-likeness (QED) is 0.665. The van der Waals surface area contributed by atoms with E-state index in [2.05, 4.69) is 0 Å². The molecular weight excluding hydrogens is 442 g/mol. The summed E-state index contributed by atoms with van der Waals surface area (Å²) in [6, 6.07) is 15.5. The lowest BCUT2D eigenvalue weighted by atomic mass is 9.53. The van der Waals surface area contributed by atoms with E-state index in [1.807, 2.05) is 18.2 Å². The molecule has 31 heavy (non-hydrogen) atoms. The lowest BCUT2D eigenvalue weighted by Gasteiger charge is -2.49. The SMILES string of the molecule is CC1C2(c3ccc(Cl)cc3Cl)OC(=N)C1(C#N)C(C#N)(C#N)C(c1ccc(F)cc1)O2. The summed E-state index contributed by atoms with van der Waals surface area (Å²) >= 11 is 12.4. The number of nitrogens with zero attached hydrogens (tertiary/aromatic N) is 3. The fraction of sp³-hybridized carbons (Fsp3) is 0.273. The van der Waals surface area contributed by atoms with Gasteiger partial charge in [-0.2, -0.15) is 15.8 Å². The molecule has 2 fully saturated rings. The van der Waals surface area contributed by atoms with Crippen molar-refractivity contribution in [1.82, 2.24) is 0 Å². The van der Waals surface area contributed by atoms with Crippen LogP contribution in [0.15, 0.2) is 42.5 Å². The van der Waals surface area contributed by atoms with Crippen LogP contribution >= 0.6 is 23.2 Å². The van der Waals surface area contributed by atoms with E-state index < -0.39 is 40.4 Å². The average molecular weight is 455 g/mol. The van der Waals surface area contributed by atoms with E-state index >= 15 is 0 Å². The normalized spacial score (nSPS) is 30.5. The number of nitriles is 3. The monoisotopic (exact) mass is 454 g/mol. The van der Waals surface area contributed by atoms with Crippen LogP contribution in [0.5, 0.6) is 0 Å². The molecule has 154 valence electrons. The van der Waals surface area contributed by atoms with Crippen LogP contribution in [0.2, 0.25) is 10.0 Å². The third kappa shape index (κ3) is 2.47. The highest BCUT2D eigenvalue weighted by Gasteiger charge is 2.80. The number of halogens is 3. The summed E-state index contributed by atoms with van der Waals surface area (Å²) < 4.78 is 25.7. The largest absolute Gasteiger partial charge is 0.443 e. The van der Waals surface area contributed by atoms with Crippen molar-refractivity contribution in [3.63, 3.8) is 0 Å². The second-order valence-electron chi connectivity index (χ2n) is 7.45. The summed E-state index contributed by atoms with van der Waals surface area (Å²) in [4.78, 5) is 0. The first-order valence-corrected chi connectivity index (χ1v) is 9.88. The average Bonchev–Trinajstić information content (AvgIpc) is 2.91. The van der Waals surface area contributed by atoms with Gasteiger partial charge in [0.25, 0.3) is 0 Å². The van der Waals surface area contributed by atoms with Crippen molar-refractivity contribution in [2.75, 3.05) is 0 Å². The van der Waals surface area contributed by atoms with Gasteiger partial charge in [-0.3, -0.25) is 5.41 Å². The predicted octanol–water partition coefficient (Wildman–Crippen LogP) is 5.24. The van der Waals surface area contributed by atoms with Crippen LogP contribution in [0.25, 0.3) is 0 Å². The van der Waals surface area contributed by atoms with Crippen LogP contribution in [0, 0.1) is 62.0 Å². The molecule has 2 aromatic rings. The summed E-state index contributed by atoms with van der Waals surface area (Å²) in [5.74, 6) is -3.80. The van der Waals surface area contributed by atoms with Gasteiger partial charge in [0.2, 0.25) is 17.1 Å². The maximum atomic E-state index is 13.6. The zero-order valence-corrected chi connectivity index (χ0v) is 17.5. The fourth-order valence-corrected chi connectivity index (χ4v) is 5.09. The molecule has 0 aromatic heterocycles. The van der Waals surface area contributed by atoms with E-state index in [9.17, 15) is 20.2 Å². The number of nitrogens with one attached hydrogen (secondary N) is 1. The number of hydrogen-bond donors (Lipinski definition) is 1. The van der Waals surface area contributed by atoms with E-state index in [0.717, 1.165) is 12.1 Å². The minimum absolute atomic E-state index is 0.167. The van der Waals surface area contributed by atoms with Crippen LogP contribution in [-0.2, 0) is 15.3 Å². The van der Waals surface area contributed by atoms with E-state index in [1.54, 1.807) is 19.1 Å². The molecule has 4 unspecified atom stereocenters. The summed E-state index contributed by atoms with van der Waals surface area (Å²) in [5, 5.41) is 39.6. The molecule has 0 spiro atoms. The van der Waals surface area contributed by atoms with Gasteiger partial charge in [-0.05, 0) is 35.9 Å². The van der Waals surface area contributed by atoms with Gasteiger partial charge in [-0.1, -0.05) is 42.3 Å². The highest BCUT2D eigenvalue weighted by molar-refractivity contribution is 6.35. The van der Waals surface area contributed by atoms with Crippen LogP contribution in [0.1, 0.15) is 24.2 Å². The highest BCUT2D eigenvalue weighted by atomic mass is 35.5. The topological polar surface area (TPSA) is 114 Å². The number of fused-ring (bicyclic) bond motifs is 2. The second kappa shape index (κ2) is 6.94. The lowest BCUT2D eigenvalue weighted by Crippen LogP contribution is -2.57. The molecule has 2 aliphatic heterocycles. The molecule has 1 N–H and O–H groups in total. The van der Waals surface area contributed by atoms with Crippen LogP contribution in [-0.4, -0.2) is 5.90 Å². The third-order valence-corrected chi connectivity index (χ3v) is 6.70. The van der Waals surface area contributed by atoms with E-state index in [4.69, 9.17) is 38.1 Å².